The van der Waals surface area contributed by atoms with Crippen LogP contribution in [0.15, 0.2) is 84.9 Å². The van der Waals surface area contributed by atoms with E-state index in [9.17, 15) is 19.8 Å². The average Bonchev–Trinajstić information content (AvgIpc) is 2.81. The number of rotatable bonds is 8. The Balaban J connectivity index is 1.71. The minimum Gasteiger partial charge on any atom is -0.394 e. The largest absolute Gasteiger partial charge is 0.394 e. The number of benzene rings is 3. The van der Waals surface area contributed by atoms with Crippen molar-refractivity contribution >= 4 is 11.8 Å². The van der Waals surface area contributed by atoms with E-state index in [1.807, 2.05) is 60.7 Å². The fourth-order valence-corrected chi connectivity index (χ4v) is 3.12. The van der Waals surface area contributed by atoms with Crippen molar-refractivity contribution in [1.29, 1.82) is 0 Å². The predicted octanol–water partition coefficient (Wildman–Crippen LogP) is 2.61. The lowest BCUT2D eigenvalue weighted by Gasteiger charge is -2.18. The average molecular weight is 404 g/mol. The van der Waals surface area contributed by atoms with E-state index in [0.717, 1.165) is 11.1 Å². The summed E-state index contributed by atoms with van der Waals surface area (Å²) in [5, 5.41) is 24.9. The van der Waals surface area contributed by atoms with E-state index < -0.39 is 23.9 Å². The first kappa shape index (κ1) is 21.2. The molecule has 0 saturated carbocycles. The van der Waals surface area contributed by atoms with Crippen molar-refractivity contribution in [3.8, 4) is 0 Å². The molecule has 30 heavy (non-hydrogen) atoms. The summed E-state index contributed by atoms with van der Waals surface area (Å²) in [5.74, 6) is -0.788. The molecule has 2 amide bonds. The summed E-state index contributed by atoms with van der Waals surface area (Å²) in [5.41, 5.74) is 2.18. The third kappa shape index (κ3) is 5.31. The Morgan fingerprint density at radius 3 is 1.40 bits per heavy atom. The van der Waals surface area contributed by atoms with Gasteiger partial charge < -0.3 is 20.8 Å². The van der Waals surface area contributed by atoms with Crippen molar-refractivity contribution in [3.63, 3.8) is 0 Å². The summed E-state index contributed by atoms with van der Waals surface area (Å²) in [6.07, 6.45) is 0. The molecule has 0 spiro atoms. The molecule has 0 heterocycles. The van der Waals surface area contributed by atoms with Crippen molar-refractivity contribution in [3.05, 3.63) is 107 Å². The summed E-state index contributed by atoms with van der Waals surface area (Å²) >= 11 is 0. The second-order valence-electron chi connectivity index (χ2n) is 6.82. The molecule has 0 aliphatic heterocycles. The van der Waals surface area contributed by atoms with Crippen molar-refractivity contribution < 1.29 is 19.8 Å². The lowest BCUT2D eigenvalue weighted by atomic mass is 10.0. The summed E-state index contributed by atoms with van der Waals surface area (Å²) in [4.78, 5) is 25.3. The zero-order valence-electron chi connectivity index (χ0n) is 16.4. The summed E-state index contributed by atoms with van der Waals surface area (Å²) < 4.78 is 0. The Kier molecular flexibility index (Phi) is 7.32. The maximum Gasteiger partial charge on any atom is 0.251 e. The van der Waals surface area contributed by atoms with Crippen LogP contribution in [-0.4, -0.2) is 35.2 Å². The van der Waals surface area contributed by atoms with Gasteiger partial charge in [0.1, 0.15) is 0 Å². The Bertz CT molecular complexity index is 900. The molecule has 0 radical (unpaired) electrons. The van der Waals surface area contributed by atoms with E-state index in [4.69, 9.17) is 0 Å². The molecular weight excluding hydrogens is 380 g/mol. The number of hydrogen-bond donors (Lipinski definition) is 4. The highest BCUT2D eigenvalue weighted by atomic mass is 16.3. The molecule has 0 bridgehead atoms. The maximum absolute atomic E-state index is 12.7. The molecule has 0 saturated heterocycles. The van der Waals surface area contributed by atoms with Gasteiger partial charge >= 0.3 is 0 Å². The molecule has 4 N–H and O–H groups in total. The molecule has 154 valence electrons. The van der Waals surface area contributed by atoms with Gasteiger partial charge in [-0.25, -0.2) is 0 Å². The summed E-state index contributed by atoms with van der Waals surface area (Å²) in [7, 11) is 0. The van der Waals surface area contributed by atoms with Crippen LogP contribution in [0.3, 0.4) is 0 Å². The molecule has 2 atom stereocenters. The number of nitrogens with one attached hydrogen (secondary N) is 2. The molecular formula is C24H24N2O4. The first-order valence-electron chi connectivity index (χ1n) is 9.65. The van der Waals surface area contributed by atoms with Gasteiger partial charge in [0.05, 0.1) is 25.3 Å². The van der Waals surface area contributed by atoms with Crippen molar-refractivity contribution in [1.82, 2.24) is 10.6 Å². The second kappa shape index (κ2) is 10.3. The van der Waals surface area contributed by atoms with Gasteiger partial charge in [0.25, 0.3) is 11.8 Å². The zero-order valence-corrected chi connectivity index (χ0v) is 16.4. The van der Waals surface area contributed by atoms with Gasteiger partial charge in [-0.2, -0.15) is 0 Å². The van der Waals surface area contributed by atoms with Crippen molar-refractivity contribution in [2.75, 3.05) is 13.2 Å². The molecule has 3 rings (SSSR count). The molecule has 6 heteroatoms. The Morgan fingerprint density at radius 2 is 1.03 bits per heavy atom. The summed E-state index contributed by atoms with van der Waals surface area (Å²) in [6.45, 7) is -0.490. The molecule has 0 unspecified atom stereocenters. The smallest absolute Gasteiger partial charge is 0.251 e. The predicted molar refractivity (Wildman–Crippen MR) is 114 cm³/mol. The Morgan fingerprint density at radius 1 is 0.633 bits per heavy atom. The van der Waals surface area contributed by atoms with Crippen LogP contribution < -0.4 is 10.6 Å². The number of aliphatic hydroxyl groups excluding tert-OH is 2. The van der Waals surface area contributed by atoms with Crippen LogP contribution in [0, 0.1) is 0 Å². The van der Waals surface area contributed by atoms with E-state index in [1.54, 1.807) is 18.2 Å². The molecule has 3 aromatic carbocycles. The van der Waals surface area contributed by atoms with Crippen LogP contribution in [0.5, 0.6) is 0 Å². The summed E-state index contributed by atoms with van der Waals surface area (Å²) in [6, 6.07) is 23.6. The van der Waals surface area contributed by atoms with Gasteiger partial charge in [0.15, 0.2) is 0 Å². The molecule has 0 aliphatic rings. The van der Waals surface area contributed by atoms with Crippen LogP contribution in [0.1, 0.15) is 43.9 Å². The maximum atomic E-state index is 12.7. The van der Waals surface area contributed by atoms with Crippen LogP contribution in [0.25, 0.3) is 0 Å². The van der Waals surface area contributed by atoms with E-state index in [-0.39, 0.29) is 13.2 Å². The minimum absolute atomic E-state index is 0.245. The normalized spacial score (nSPS) is 12.6. The number of carbonyl (C=O) groups is 2. The monoisotopic (exact) mass is 404 g/mol. The van der Waals surface area contributed by atoms with Gasteiger partial charge in [-0.1, -0.05) is 66.7 Å². The third-order valence-corrected chi connectivity index (χ3v) is 4.77. The van der Waals surface area contributed by atoms with Crippen LogP contribution in [0.2, 0.25) is 0 Å². The van der Waals surface area contributed by atoms with Crippen molar-refractivity contribution in [2.24, 2.45) is 0 Å². The molecule has 0 aliphatic carbocycles. The van der Waals surface area contributed by atoms with Crippen LogP contribution >= 0.6 is 0 Å². The van der Waals surface area contributed by atoms with E-state index in [2.05, 4.69) is 10.6 Å². The lowest BCUT2D eigenvalue weighted by molar-refractivity contribution is 0.0915. The lowest BCUT2D eigenvalue weighted by Crippen LogP contribution is -2.32. The Labute approximate surface area is 175 Å². The zero-order chi connectivity index (χ0) is 21.3. The van der Waals surface area contributed by atoms with Crippen LogP contribution in [-0.2, 0) is 0 Å². The number of amides is 2. The van der Waals surface area contributed by atoms with Gasteiger partial charge in [0.2, 0.25) is 0 Å². The third-order valence-electron chi connectivity index (χ3n) is 4.77. The first-order valence-corrected chi connectivity index (χ1v) is 9.65. The fourth-order valence-electron chi connectivity index (χ4n) is 3.12. The highest BCUT2D eigenvalue weighted by molar-refractivity contribution is 5.99. The Hall–Kier alpha value is -3.48. The quantitative estimate of drug-likeness (QED) is 0.464. The number of aliphatic hydroxyl groups is 2. The molecule has 3 aromatic rings. The van der Waals surface area contributed by atoms with Gasteiger partial charge in [-0.3, -0.25) is 9.59 Å². The van der Waals surface area contributed by atoms with E-state index >= 15 is 0 Å². The van der Waals surface area contributed by atoms with Gasteiger partial charge in [-0.15, -0.1) is 0 Å². The highest BCUT2D eigenvalue weighted by Crippen LogP contribution is 2.15. The van der Waals surface area contributed by atoms with Gasteiger partial charge in [0, 0.05) is 11.1 Å². The first-order chi connectivity index (χ1) is 14.6. The molecule has 6 nitrogen and oxygen atoms in total. The fraction of sp³-hybridized carbons (Fsp3) is 0.167. The van der Waals surface area contributed by atoms with Crippen LogP contribution in [0.4, 0.5) is 0 Å². The molecule has 0 fully saturated rings. The van der Waals surface area contributed by atoms with Crippen molar-refractivity contribution in [2.45, 2.75) is 12.1 Å². The topological polar surface area (TPSA) is 98.7 Å². The number of hydrogen-bond acceptors (Lipinski definition) is 4. The standard InChI is InChI=1S/C24H24N2O4/c27-15-21(17-8-3-1-4-9-17)25-23(29)19-12-7-13-20(14-19)24(30)26-22(16-28)18-10-5-2-6-11-18/h1-14,21-22,27-28H,15-16H2,(H,25,29)(H,26,30)/t21-,22-/m1/s1. The number of carbonyl (C=O) groups excluding carboxylic acids is 2. The molecule has 0 aromatic heterocycles. The van der Waals surface area contributed by atoms with E-state index in [0.29, 0.717) is 11.1 Å². The highest BCUT2D eigenvalue weighted by Gasteiger charge is 2.18. The minimum atomic E-state index is -0.548. The second-order valence-corrected chi connectivity index (χ2v) is 6.82. The SMILES string of the molecule is O=C(N[C@H](CO)c1ccccc1)c1cccc(C(=O)N[C@H](CO)c2ccccc2)c1. The van der Waals surface area contributed by atoms with Gasteiger partial charge in [-0.05, 0) is 29.3 Å². The van der Waals surface area contributed by atoms with E-state index in [1.165, 1.54) is 6.07 Å².